The molecule has 7 nitrogen and oxygen atoms in total. The van der Waals surface area contributed by atoms with Gasteiger partial charge in [0.1, 0.15) is 0 Å². The highest BCUT2D eigenvalue weighted by molar-refractivity contribution is 7.89. The Hall–Kier alpha value is -1.77. The van der Waals surface area contributed by atoms with Crippen LogP contribution in [0.1, 0.15) is 33.6 Å². The van der Waals surface area contributed by atoms with Gasteiger partial charge in [-0.05, 0) is 37.6 Å². The van der Waals surface area contributed by atoms with Crippen LogP contribution in [0.5, 0.6) is 0 Å². The lowest BCUT2D eigenvalue weighted by Gasteiger charge is -2.07. The second-order valence-electron chi connectivity index (χ2n) is 4.77. The Labute approximate surface area is 123 Å². The summed E-state index contributed by atoms with van der Waals surface area (Å²) in [4.78, 5) is 24.5. The number of hydrogen-bond acceptors (Lipinski definition) is 5. The highest BCUT2D eigenvalue weighted by Gasteiger charge is 2.33. The predicted molar refractivity (Wildman–Crippen MR) is 76.3 cm³/mol. The minimum Gasteiger partial charge on any atom is -0.330 e. The maximum absolute atomic E-state index is 12.1. The van der Waals surface area contributed by atoms with Crippen LogP contribution >= 0.6 is 0 Å². The van der Waals surface area contributed by atoms with Crippen molar-refractivity contribution in [3.8, 4) is 0 Å². The molecule has 8 heteroatoms. The topological polar surface area (TPSA) is 110 Å². The van der Waals surface area contributed by atoms with Crippen LogP contribution in [-0.4, -0.2) is 45.3 Å². The Balaban J connectivity index is 2.23. The second-order valence-corrected chi connectivity index (χ2v) is 6.54. The molecule has 0 fully saturated rings. The lowest BCUT2D eigenvalue weighted by Crippen LogP contribution is -2.25. The van der Waals surface area contributed by atoms with Crippen molar-refractivity contribution >= 4 is 21.8 Å². The van der Waals surface area contributed by atoms with Crippen LogP contribution in [0, 0.1) is 0 Å². The van der Waals surface area contributed by atoms with Crippen molar-refractivity contribution in [3.05, 3.63) is 29.3 Å². The monoisotopic (exact) mass is 311 g/mol. The van der Waals surface area contributed by atoms with Crippen molar-refractivity contribution in [1.29, 1.82) is 0 Å². The van der Waals surface area contributed by atoms with Crippen molar-refractivity contribution in [2.75, 3.05) is 20.1 Å². The molecule has 114 valence electrons. The fourth-order valence-electron chi connectivity index (χ4n) is 2.07. The highest BCUT2D eigenvalue weighted by atomic mass is 32.2. The Kier molecular flexibility index (Phi) is 4.40. The minimum absolute atomic E-state index is 0.0227. The lowest BCUT2D eigenvalue weighted by molar-refractivity contribution is 0.0693. The fourth-order valence-corrected chi connectivity index (χ4v) is 3.17. The first-order valence-electron chi connectivity index (χ1n) is 6.54. The molecule has 0 bridgehead atoms. The first-order chi connectivity index (χ1) is 9.88. The van der Waals surface area contributed by atoms with E-state index in [2.05, 4.69) is 4.72 Å². The Morgan fingerprint density at radius 2 is 1.81 bits per heavy atom. The maximum Gasteiger partial charge on any atom is 0.261 e. The van der Waals surface area contributed by atoms with E-state index in [0.29, 0.717) is 13.0 Å². The van der Waals surface area contributed by atoms with E-state index in [9.17, 15) is 18.0 Å². The maximum atomic E-state index is 12.1. The van der Waals surface area contributed by atoms with Gasteiger partial charge in [0.15, 0.2) is 0 Å². The third kappa shape index (κ3) is 2.97. The van der Waals surface area contributed by atoms with Crippen molar-refractivity contribution in [2.24, 2.45) is 5.73 Å². The van der Waals surface area contributed by atoms with E-state index in [1.165, 1.54) is 25.2 Å². The third-order valence-electron chi connectivity index (χ3n) is 3.29. The average Bonchev–Trinajstić information content (AvgIpc) is 2.68. The van der Waals surface area contributed by atoms with Crippen LogP contribution in [-0.2, 0) is 10.0 Å². The van der Waals surface area contributed by atoms with E-state index in [4.69, 9.17) is 5.73 Å². The van der Waals surface area contributed by atoms with Gasteiger partial charge < -0.3 is 5.73 Å². The van der Waals surface area contributed by atoms with Crippen molar-refractivity contribution in [3.63, 3.8) is 0 Å². The van der Waals surface area contributed by atoms with Gasteiger partial charge in [-0.1, -0.05) is 0 Å². The van der Waals surface area contributed by atoms with E-state index in [-0.39, 0.29) is 22.6 Å². The zero-order valence-corrected chi connectivity index (χ0v) is 12.4. The number of sulfonamides is 1. The highest BCUT2D eigenvalue weighted by Crippen LogP contribution is 2.24. The van der Waals surface area contributed by atoms with E-state index in [1.54, 1.807) is 0 Å². The van der Waals surface area contributed by atoms with Gasteiger partial charge in [0.25, 0.3) is 11.8 Å². The number of carbonyl (C=O) groups excluding carboxylic acids is 2. The van der Waals surface area contributed by atoms with Gasteiger partial charge in [-0.15, -0.1) is 0 Å². The number of nitrogens with one attached hydrogen (secondary N) is 1. The molecule has 0 saturated heterocycles. The molecule has 1 aliphatic heterocycles. The Bertz CT molecular complexity index is 685. The molecule has 0 radical (unpaired) electrons. The molecule has 3 N–H and O–H groups in total. The summed E-state index contributed by atoms with van der Waals surface area (Å²) in [5, 5.41) is 0. The number of imide groups is 1. The van der Waals surface area contributed by atoms with E-state index >= 15 is 0 Å². The molecule has 21 heavy (non-hydrogen) atoms. The zero-order valence-electron chi connectivity index (χ0n) is 11.6. The first-order valence-corrected chi connectivity index (χ1v) is 8.03. The number of nitrogens with two attached hydrogens (primary N) is 1. The van der Waals surface area contributed by atoms with Gasteiger partial charge in [0, 0.05) is 13.6 Å². The summed E-state index contributed by atoms with van der Waals surface area (Å²) in [7, 11) is -2.33. The van der Waals surface area contributed by atoms with Gasteiger partial charge in [0.2, 0.25) is 10.0 Å². The summed E-state index contributed by atoms with van der Waals surface area (Å²) < 4.78 is 26.7. The molecule has 1 aliphatic rings. The van der Waals surface area contributed by atoms with Crippen LogP contribution in [0.3, 0.4) is 0 Å². The summed E-state index contributed by atoms with van der Waals surface area (Å²) in [6, 6.07) is 3.94. The van der Waals surface area contributed by atoms with Crippen LogP contribution < -0.4 is 10.5 Å². The largest absolute Gasteiger partial charge is 0.330 e. The SMILES string of the molecule is CN1C(=O)c2ccc(S(=O)(=O)NCCCCN)cc2C1=O. The minimum atomic E-state index is -3.69. The van der Waals surface area contributed by atoms with Crippen LogP contribution in [0.25, 0.3) is 0 Å². The number of benzene rings is 1. The lowest BCUT2D eigenvalue weighted by atomic mass is 10.1. The number of hydrogen-bond donors (Lipinski definition) is 2. The third-order valence-corrected chi connectivity index (χ3v) is 4.75. The van der Waals surface area contributed by atoms with Crippen molar-refractivity contribution in [2.45, 2.75) is 17.7 Å². The molecule has 1 heterocycles. The van der Waals surface area contributed by atoms with Crippen LogP contribution in [0.15, 0.2) is 23.1 Å². The van der Waals surface area contributed by atoms with E-state index in [1.807, 2.05) is 0 Å². The quantitative estimate of drug-likeness (QED) is 0.564. The summed E-state index contributed by atoms with van der Waals surface area (Å²) >= 11 is 0. The molecule has 0 atom stereocenters. The van der Waals surface area contributed by atoms with Crippen molar-refractivity contribution in [1.82, 2.24) is 9.62 Å². The Morgan fingerprint density at radius 1 is 1.14 bits per heavy atom. The van der Waals surface area contributed by atoms with Crippen molar-refractivity contribution < 1.29 is 18.0 Å². The number of fused-ring (bicyclic) bond motifs is 1. The summed E-state index contributed by atoms with van der Waals surface area (Å²) in [5.41, 5.74) is 5.69. The van der Waals surface area contributed by atoms with Gasteiger partial charge in [-0.2, -0.15) is 0 Å². The summed E-state index contributed by atoms with van der Waals surface area (Å²) in [6.07, 6.45) is 1.37. The Morgan fingerprint density at radius 3 is 2.48 bits per heavy atom. The van der Waals surface area contributed by atoms with Gasteiger partial charge in [-0.25, -0.2) is 13.1 Å². The second kappa shape index (κ2) is 5.92. The van der Waals surface area contributed by atoms with E-state index < -0.39 is 21.8 Å². The summed E-state index contributed by atoms with van der Waals surface area (Å²) in [6.45, 7) is 0.785. The molecule has 2 rings (SSSR count). The average molecular weight is 311 g/mol. The van der Waals surface area contributed by atoms with Gasteiger partial charge in [0.05, 0.1) is 16.0 Å². The molecule has 0 aromatic heterocycles. The standard InChI is InChI=1S/C13H17N3O4S/c1-16-12(17)10-5-4-9(8-11(10)13(16)18)21(19,20)15-7-3-2-6-14/h4-5,8,15H,2-3,6-7,14H2,1H3. The smallest absolute Gasteiger partial charge is 0.261 e. The molecule has 0 saturated carbocycles. The molecule has 0 aliphatic carbocycles. The number of rotatable bonds is 6. The fraction of sp³-hybridized carbons (Fsp3) is 0.385. The molecule has 1 aromatic rings. The number of amides is 2. The molecule has 0 spiro atoms. The van der Waals surface area contributed by atoms with Gasteiger partial charge >= 0.3 is 0 Å². The molecular formula is C13H17N3O4S. The molecule has 1 aromatic carbocycles. The molecular weight excluding hydrogens is 294 g/mol. The summed E-state index contributed by atoms with van der Waals surface area (Å²) in [5.74, 6) is -0.912. The predicted octanol–water partition coefficient (Wildman–Crippen LogP) is -0.0704. The number of unbranched alkanes of at least 4 members (excludes halogenated alkanes) is 1. The van der Waals surface area contributed by atoms with E-state index in [0.717, 1.165) is 11.3 Å². The molecule has 2 amide bonds. The first kappa shape index (κ1) is 15.6. The molecule has 0 unspecified atom stereocenters. The van der Waals surface area contributed by atoms with Gasteiger partial charge in [-0.3, -0.25) is 14.5 Å². The number of carbonyl (C=O) groups is 2. The normalized spacial score (nSPS) is 14.7. The number of nitrogens with zero attached hydrogens (tertiary/aromatic N) is 1. The van der Waals surface area contributed by atoms with Crippen LogP contribution in [0.2, 0.25) is 0 Å². The van der Waals surface area contributed by atoms with Crippen LogP contribution in [0.4, 0.5) is 0 Å². The zero-order chi connectivity index (χ0) is 15.6.